The summed E-state index contributed by atoms with van der Waals surface area (Å²) in [4.78, 5) is 24.4. The van der Waals surface area contributed by atoms with E-state index >= 15 is 0 Å². The van der Waals surface area contributed by atoms with Gasteiger partial charge in [0.2, 0.25) is 0 Å². The van der Waals surface area contributed by atoms with E-state index in [-0.39, 0.29) is 5.56 Å². The third-order valence-corrected chi connectivity index (χ3v) is 3.88. The van der Waals surface area contributed by atoms with Crippen LogP contribution in [0.5, 0.6) is 0 Å². The van der Waals surface area contributed by atoms with Crippen molar-refractivity contribution in [3.8, 4) is 0 Å². The van der Waals surface area contributed by atoms with Crippen LogP contribution >= 0.6 is 0 Å². The van der Waals surface area contributed by atoms with Gasteiger partial charge in [0.25, 0.3) is 0 Å². The van der Waals surface area contributed by atoms with Crippen LogP contribution in [0.4, 0.5) is 0 Å². The number of carboxylic acids is 2. The van der Waals surface area contributed by atoms with Gasteiger partial charge in [-0.05, 0) is 34.9 Å². The zero-order valence-corrected chi connectivity index (χ0v) is 11.8. The molecule has 5 nitrogen and oxygen atoms in total. The molecule has 0 radical (unpaired) electrons. The summed E-state index contributed by atoms with van der Waals surface area (Å²) in [6.45, 7) is 1.85. The highest BCUT2D eigenvalue weighted by Gasteiger charge is 2.21. The van der Waals surface area contributed by atoms with Gasteiger partial charge < -0.3 is 10.2 Å². The summed E-state index contributed by atoms with van der Waals surface area (Å²) in [5, 5.41) is 18.3. The third-order valence-electron chi connectivity index (χ3n) is 3.88. The van der Waals surface area contributed by atoms with E-state index in [1.807, 2.05) is 18.2 Å². The SMILES string of the molecule is O=C(O)c1ccc2c(c1)CN(Cc1ccccc1C(=O)O)C2. The molecular formula is C17H15NO4. The minimum Gasteiger partial charge on any atom is -0.478 e. The Labute approximate surface area is 127 Å². The molecule has 0 saturated carbocycles. The molecule has 0 unspecified atom stereocenters. The van der Waals surface area contributed by atoms with Crippen molar-refractivity contribution in [3.63, 3.8) is 0 Å². The fourth-order valence-electron chi connectivity index (χ4n) is 2.82. The first-order valence-corrected chi connectivity index (χ1v) is 6.93. The van der Waals surface area contributed by atoms with E-state index in [2.05, 4.69) is 4.90 Å². The minimum atomic E-state index is -0.933. The van der Waals surface area contributed by atoms with E-state index in [9.17, 15) is 14.7 Å². The first-order valence-electron chi connectivity index (χ1n) is 6.93. The highest BCUT2D eigenvalue weighted by molar-refractivity contribution is 5.89. The van der Waals surface area contributed by atoms with E-state index in [0.717, 1.165) is 16.7 Å². The first-order chi connectivity index (χ1) is 10.5. The Morgan fingerprint density at radius 1 is 0.955 bits per heavy atom. The van der Waals surface area contributed by atoms with Crippen molar-refractivity contribution < 1.29 is 19.8 Å². The number of rotatable bonds is 4. The van der Waals surface area contributed by atoms with Gasteiger partial charge in [-0.15, -0.1) is 0 Å². The van der Waals surface area contributed by atoms with Crippen LogP contribution in [-0.4, -0.2) is 27.1 Å². The maximum Gasteiger partial charge on any atom is 0.336 e. The molecule has 0 atom stereocenters. The van der Waals surface area contributed by atoms with E-state index in [1.165, 1.54) is 0 Å². The van der Waals surface area contributed by atoms with Gasteiger partial charge in [-0.2, -0.15) is 0 Å². The van der Waals surface area contributed by atoms with Crippen LogP contribution in [0.2, 0.25) is 0 Å². The van der Waals surface area contributed by atoms with Crippen molar-refractivity contribution in [2.24, 2.45) is 0 Å². The Bertz CT molecular complexity index is 754. The van der Waals surface area contributed by atoms with Gasteiger partial charge in [-0.1, -0.05) is 24.3 Å². The summed E-state index contributed by atoms with van der Waals surface area (Å²) in [7, 11) is 0. The maximum absolute atomic E-state index is 11.2. The van der Waals surface area contributed by atoms with E-state index < -0.39 is 11.9 Å². The Kier molecular flexibility index (Phi) is 3.65. The normalized spacial score (nSPS) is 13.8. The van der Waals surface area contributed by atoms with Crippen LogP contribution in [0.25, 0.3) is 0 Å². The van der Waals surface area contributed by atoms with Crippen molar-refractivity contribution in [1.29, 1.82) is 0 Å². The minimum absolute atomic E-state index is 0.284. The highest BCUT2D eigenvalue weighted by atomic mass is 16.4. The smallest absolute Gasteiger partial charge is 0.336 e. The third kappa shape index (κ3) is 2.71. The summed E-state index contributed by atoms with van der Waals surface area (Å²) in [6, 6.07) is 12.1. The number of carboxylic acid groups (broad SMARTS) is 2. The lowest BCUT2D eigenvalue weighted by Gasteiger charge is -2.16. The maximum atomic E-state index is 11.2. The zero-order valence-electron chi connectivity index (χ0n) is 11.8. The monoisotopic (exact) mass is 297 g/mol. The second-order valence-corrected chi connectivity index (χ2v) is 5.40. The quantitative estimate of drug-likeness (QED) is 0.907. The lowest BCUT2D eigenvalue weighted by Crippen LogP contribution is -2.17. The molecule has 0 aromatic heterocycles. The highest BCUT2D eigenvalue weighted by Crippen LogP contribution is 2.26. The van der Waals surface area contributed by atoms with Crippen molar-refractivity contribution in [1.82, 2.24) is 4.90 Å². The topological polar surface area (TPSA) is 77.8 Å². The fourth-order valence-corrected chi connectivity index (χ4v) is 2.82. The van der Waals surface area contributed by atoms with Crippen LogP contribution in [-0.2, 0) is 19.6 Å². The lowest BCUT2D eigenvalue weighted by atomic mass is 10.1. The molecule has 2 aromatic rings. The van der Waals surface area contributed by atoms with Gasteiger partial charge >= 0.3 is 11.9 Å². The summed E-state index contributed by atoms with van der Waals surface area (Å²) in [6.07, 6.45) is 0. The average molecular weight is 297 g/mol. The van der Waals surface area contributed by atoms with Gasteiger partial charge in [0.05, 0.1) is 11.1 Å². The van der Waals surface area contributed by atoms with E-state index in [4.69, 9.17) is 5.11 Å². The van der Waals surface area contributed by atoms with Gasteiger partial charge in [-0.3, -0.25) is 4.90 Å². The molecule has 0 fully saturated rings. The number of hydrogen-bond donors (Lipinski definition) is 2. The number of fused-ring (bicyclic) bond motifs is 1. The zero-order chi connectivity index (χ0) is 15.7. The summed E-state index contributed by atoms with van der Waals surface area (Å²) >= 11 is 0. The van der Waals surface area contributed by atoms with Crippen molar-refractivity contribution in [2.45, 2.75) is 19.6 Å². The molecule has 22 heavy (non-hydrogen) atoms. The number of aromatic carboxylic acids is 2. The predicted octanol–water partition coefficient (Wildman–Crippen LogP) is 2.60. The molecular weight excluding hydrogens is 282 g/mol. The Balaban J connectivity index is 1.80. The second kappa shape index (κ2) is 5.61. The van der Waals surface area contributed by atoms with Crippen molar-refractivity contribution in [2.75, 3.05) is 0 Å². The molecule has 0 aliphatic carbocycles. The number of benzene rings is 2. The van der Waals surface area contributed by atoms with Gasteiger partial charge in [0.15, 0.2) is 0 Å². The standard InChI is InChI=1S/C17H15NO4/c19-16(20)11-5-6-12-8-18(10-14(12)7-11)9-13-3-1-2-4-15(13)17(21)22/h1-7H,8-10H2,(H,19,20)(H,21,22). The van der Waals surface area contributed by atoms with E-state index in [1.54, 1.807) is 24.3 Å². The van der Waals surface area contributed by atoms with Crippen LogP contribution in [0, 0.1) is 0 Å². The average Bonchev–Trinajstić information content (AvgIpc) is 2.88. The molecule has 5 heteroatoms. The van der Waals surface area contributed by atoms with Crippen LogP contribution in [0.1, 0.15) is 37.4 Å². The fraction of sp³-hybridized carbons (Fsp3) is 0.176. The Morgan fingerprint density at radius 2 is 1.68 bits per heavy atom. The lowest BCUT2D eigenvalue weighted by molar-refractivity contribution is 0.0684. The molecule has 0 saturated heterocycles. The predicted molar refractivity (Wildman–Crippen MR) is 79.8 cm³/mol. The number of hydrogen-bond acceptors (Lipinski definition) is 3. The van der Waals surface area contributed by atoms with Gasteiger partial charge in [0.1, 0.15) is 0 Å². The summed E-state index contributed by atoms with van der Waals surface area (Å²) in [5.74, 6) is -1.86. The van der Waals surface area contributed by atoms with Gasteiger partial charge in [0, 0.05) is 19.6 Å². The number of carbonyl (C=O) groups is 2. The van der Waals surface area contributed by atoms with Crippen LogP contribution in [0.15, 0.2) is 42.5 Å². The first kappa shape index (κ1) is 14.3. The summed E-state index contributed by atoms with van der Waals surface area (Å²) < 4.78 is 0. The van der Waals surface area contributed by atoms with Crippen LogP contribution < -0.4 is 0 Å². The molecule has 1 heterocycles. The molecule has 0 bridgehead atoms. The molecule has 112 valence electrons. The summed E-state index contributed by atoms with van der Waals surface area (Å²) in [5.41, 5.74) is 3.45. The van der Waals surface area contributed by atoms with Crippen molar-refractivity contribution in [3.05, 3.63) is 70.3 Å². The second-order valence-electron chi connectivity index (χ2n) is 5.40. The van der Waals surface area contributed by atoms with Crippen molar-refractivity contribution >= 4 is 11.9 Å². The molecule has 3 rings (SSSR count). The largest absolute Gasteiger partial charge is 0.478 e. The van der Waals surface area contributed by atoms with E-state index in [0.29, 0.717) is 25.2 Å². The Hall–Kier alpha value is -2.66. The Morgan fingerprint density at radius 3 is 2.41 bits per heavy atom. The molecule has 2 N–H and O–H groups in total. The molecule has 1 aliphatic heterocycles. The molecule has 2 aromatic carbocycles. The number of nitrogens with zero attached hydrogens (tertiary/aromatic N) is 1. The van der Waals surface area contributed by atoms with Gasteiger partial charge in [-0.25, -0.2) is 9.59 Å². The molecule has 0 amide bonds. The molecule has 0 spiro atoms. The van der Waals surface area contributed by atoms with Crippen LogP contribution in [0.3, 0.4) is 0 Å². The molecule has 1 aliphatic rings.